The fourth-order valence-electron chi connectivity index (χ4n) is 10.5. The lowest BCUT2D eigenvalue weighted by atomic mass is 9.50. The van der Waals surface area contributed by atoms with Crippen LogP contribution >= 0.6 is 0 Å². The molecule has 1 amide bonds. The average molecular weight is 641 g/mol. The average Bonchev–Trinajstić information content (AvgIpc) is 3.44. The Labute approximate surface area is 282 Å². The lowest BCUT2D eigenvalue weighted by molar-refractivity contribution is -0.144. The minimum atomic E-state index is -0.204. The van der Waals surface area contributed by atoms with Crippen LogP contribution in [0.2, 0.25) is 0 Å². The van der Waals surface area contributed by atoms with E-state index in [1.54, 1.807) is 13.2 Å². The first-order valence-electron chi connectivity index (χ1n) is 18.8. The maximum Gasteiger partial charge on any atom is 0.222 e. The van der Waals surface area contributed by atoms with Crippen molar-refractivity contribution >= 4 is 5.91 Å². The first-order chi connectivity index (χ1) is 23.0. The molecule has 1 saturated heterocycles. The summed E-state index contributed by atoms with van der Waals surface area (Å²) in [4.78, 5) is 19.3. The molecule has 3 aliphatic carbocycles. The molecule has 1 N–H and O–H groups in total. The molecule has 6 heteroatoms. The Bertz CT molecular complexity index is 1400. The number of methoxy groups -OCH3 is 1. The number of aryl methyl sites for hydroxylation is 1. The number of ether oxygens (including phenoxy) is 2. The number of carbonyl (C=O) groups is 1. The number of rotatable bonds is 14. The number of hydrogen-bond donors (Lipinski definition) is 1. The summed E-state index contributed by atoms with van der Waals surface area (Å²) in [5.41, 5.74) is 3.45. The van der Waals surface area contributed by atoms with E-state index < -0.39 is 0 Å². The van der Waals surface area contributed by atoms with Gasteiger partial charge in [-0.15, -0.1) is 6.58 Å². The second kappa shape index (κ2) is 14.2. The fraction of sp³-hybridized carbons (Fsp3) is 0.634. The Balaban J connectivity index is 1.11. The molecule has 2 bridgehead atoms. The van der Waals surface area contributed by atoms with Gasteiger partial charge in [0.15, 0.2) is 11.5 Å². The molecule has 2 aromatic rings. The second-order valence-electron chi connectivity index (χ2n) is 15.2. The molecule has 0 aromatic heterocycles. The number of likely N-dealkylation sites (tertiary alicyclic amines) is 1. The highest BCUT2D eigenvalue weighted by Crippen LogP contribution is 2.65. The number of aromatic hydroxyl groups is 1. The van der Waals surface area contributed by atoms with E-state index in [2.05, 4.69) is 46.7 Å². The monoisotopic (exact) mass is 640 g/mol. The molecule has 0 unspecified atom stereocenters. The predicted octanol–water partition coefficient (Wildman–Crippen LogP) is 7.99. The SMILES string of the molecule is C=CCN1CC[C@]23c4c5c(O)cc(OC)c4O[C@H]2[C@H](N(CC2CCCCC2)C(=O)CCCCCCCc2ccccc2)CC[C@H]3[C@H]1C5. The van der Waals surface area contributed by atoms with E-state index in [9.17, 15) is 9.90 Å². The van der Waals surface area contributed by atoms with Gasteiger partial charge in [0, 0.05) is 48.2 Å². The van der Waals surface area contributed by atoms with Crippen LogP contribution in [0.15, 0.2) is 49.1 Å². The summed E-state index contributed by atoms with van der Waals surface area (Å²) in [5.74, 6) is 3.12. The van der Waals surface area contributed by atoms with Gasteiger partial charge in [-0.05, 0) is 81.7 Å². The molecule has 2 aliphatic heterocycles. The maximum absolute atomic E-state index is 14.4. The van der Waals surface area contributed by atoms with Gasteiger partial charge in [0.2, 0.25) is 5.91 Å². The molecule has 0 radical (unpaired) electrons. The molecular formula is C41H56N2O4. The normalized spacial score (nSPS) is 27.9. The molecule has 2 saturated carbocycles. The lowest BCUT2D eigenvalue weighted by Gasteiger charge is -2.60. The predicted molar refractivity (Wildman–Crippen MR) is 187 cm³/mol. The molecule has 47 heavy (non-hydrogen) atoms. The van der Waals surface area contributed by atoms with Gasteiger partial charge in [0.1, 0.15) is 11.9 Å². The molecule has 2 heterocycles. The van der Waals surface area contributed by atoms with Crippen molar-refractivity contribution in [2.24, 2.45) is 11.8 Å². The van der Waals surface area contributed by atoms with Gasteiger partial charge in [0.05, 0.1) is 13.2 Å². The topological polar surface area (TPSA) is 62.2 Å². The first kappa shape index (κ1) is 32.6. The third kappa shape index (κ3) is 6.09. The number of phenols is 1. The number of hydrogen-bond acceptors (Lipinski definition) is 5. The zero-order chi connectivity index (χ0) is 32.4. The highest BCUT2D eigenvalue weighted by atomic mass is 16.5. The lowest BCUT2D eigenvalue weighted by Crippen LogP contribution is -2.69. The van der Waals surface area contributed by atoms with E-state index in [0.717, 1.165) is 75.9 Å². The molecular weight excluding hydrogens is 584 g/mol. The summed E-state index contributed by atoms with van der Waals surface area (Å²) in [6, 6.07) is 12.9. The number of phenolic OH excluding ortho intramolecular Hbond substituents is 1. The van der Waals surface area contributed by atoms with Gasteiger partial charge in [0.25, 0.3) is 0 Å². The van der Waals surface area contributed by atoms with E-state index in [1.165, 1.54) is 62.5 Å². The van der Waals surface area contributed by atoms with Crippen LogP contribution in [0.3, 0.4) is 0 Å². The first-order valence-corrected chi connectivity index (χ1v) is 18.8. The summed E-state index contributed by atoms with van der Waals surface area (Å²) >= 11 is 0. The third-order valence-electron chi connectivity index (χ3n) is 12.7. The van der Waals surface area contributed by atoms with Crippen molar-refractivity contribution in [1.29, 1.82) is 0 Å². The van der Waals surface area contributed by atoms with Crippen molar-refractivity contribution in [2.45, 2.75) is 126 Å². The number of carbonyl (C=O) groups excluding carboxylic acids is 1. The van der Waals surface area contributed by atoms with Crippen LogP contribution in [-0.4, -0.2) is 65.7 Å². The highest BCUT2D eigenvalue weighted by molar-refractivity contribution is 5.77. The summed E-state index contributed by atoms with van der Waals surface area (Å²) in [6.07, 6.45) is 19.6. The molecule has 6 nitrogen and oxygen atoms in total. The van der Waals surface area contributed by atoms with Gasteiger partial charge in [-0.1, -0.05) is 74.9 Å². The van der Waals surface area contributed by atoms with Crippen LogP contribution in [0.25, 0.3) is 0 Å². The van der Waals surface area contributed by atoms with Gasteiger partial charge in [-0.3, -0.25) is 9.69 Å². The van der Waals surface area contributed by atoms with Crippen LogP contribution in [0, 0.1) is 11.8 Å². The van der Waals surface area contributed by atoms with Gasteiger partial charge < -0.3 is 19.5 Å². The Morgan fingerprint density at radius 3 is 2.66 bits per heavy atom. The van der Waals surface area contributed by atoms with E-state index in [0.29, 0.717) is 41.7 Å². The van der Waals surface area contributed by atoms with Crippen LogP contribution in [0.1, 0.15) is 107 Å². The van der Waals surface area contributed by atoms with Crippen LogP contribution in [0.5, 0.6) is 17.2 Å². The molecule has 1 spiro atoms. The van der Waals surface area contributed by atoms with E-state index in [4.69, 9.17) is 9.47 Å². The number of piperidine rings is 1. The van der Waals surface area contributed by atoms with Crippen LogP contribution in [-0.2, 0) is 23.1 Å². The number of benzene rings is 2. The smallest absolute Gasteiger partial charge is 0.222 e. The van der Waals surface area contributed by atoms with Gasteiger partial charge in [-0.2, -0.15) is 0 Å². The van der Waals surface area contributed by atoms with E-state index in [1.807, 2.05) is 6.08 Å². The molecule has 254 valence electrons. The quantitative estimate of drug-likeness (QED) is 0.168. The number of nitrogens with zero attached hydrogens (tertiary/aromatic N) is 2. The Kier molecular flexibility index (Phi) is 9.86. The van der Waals surface area contributed by atoms with Crippen LogP contribution in [0.4, 0.5) is 0 Å². The molecule has 7 rings (SSSR count). The highest BCUT2D eigenvalue weighted by Gasteiger charge is 2.67. The van der Waals surface area contributed by atoms with Crippen molar-refractivity contribution in [3.05, 3.63) is 65.7 Å². The zero-order valence-corrected chi connectivity index (χ0v) is 28.6. The van der Waals surface area contributed by atoms with E-state index in [-0.39, 0.29) is 17.6 Å². The van der Waals surface area contributed by atoms with Crippen molar-refractivity contribution in [2.75, 3.05) is 26.7 Å². The Morgan fingerprint density at radius 1 is 1.09 bits per heavy atom. The van der Waals surface area contributed by atoms with Gasteiger partial charge >= 0.3 is 0 Å². The summed E-state index contributed by atoms with van der Waals surface area (Å²) in [7, 11) is 1.68. The second-order valence-corrected chi connectivity index (χ2v) is 15.2. The van der Waals surface area contributed by atoms with Crippen molar-refractivity contribution in [1.82, 2.24) is 9.80 Å². The van der Waals surface area contributed by atoms with Crippen molar-refractivity contribution in [3.8, 4) is 17.2 Å². The Hall–Kier alpha value is -2.99. The van der Waals surface area contributed by atoms with E-state index >= 15 is 0 Å². The number of amides is 1. The van der Waals surface area contributed by atoms with Crippen LogP contribution < -0.4 is 9.47 Å². The molecule has 5 aliphatic rings. The number of unbranched alkanes of at least 4 members (excludes halogenated alkanes) is 4. The van der Waals surface area contributed by atoms with Gasteiger partial charge in [-0.25, -0.2) is 0 Å². The van der Waals surface area contributed by atoms with Crippen molar-refractivity contribution < 1.29 is 19.4 Å². The Morgan fingerprint density at radius 2 is 1.87 bits per heavy atom. The summed E-state index contributed by atoms with van der Waals surface area (Å²) in [6.45, 7) is 6.77. The minimum Gasteiger partial charge on any atom is -0.508 e. The zero-order valence-electron chi connectivity index (χ0n) is 28.6. The minimum absolute atomic E-state index is 0.0448. The molecule has 5 atom stereocenters. The maximum atomic E-state index is 14.4. The largest absolute Gasteiger partial charge is 0.508 e. The summed E-state index contributed by atoms with van der Waals surface area (Å²) in [5, 5.41) is 11.3. The van der Waals surface area contributed by atoms with Crippen molar-refractivity contribution in [3.63, 3.8) is 0 Å². The molecule has 3 fully saturated rings. The summed E-state index contributed by atoms with van der Waals surface area (Å²) < 4.78 is 13.0. The molecule has 2 aromatic carbocycles. The fourth-order valence-corrected chi connectivity index (χ4v) is 10.5. The standard InChI is InChI=1S/C41H56N2O4/c1-3-24-42-25-23-41-32-21-22-33(40(41)47-39-36(46-2)27-35(44)31(38(39)41)26-34(32)42)43(28-30-18-12-8-13-19-30)37(45)20-14-6-4-5-9-15-29-16-10-7-11-17-29/h3,7,10-11,16-17,27,30,32-34,40,44H,1,4-6,8-9,12-15,18-26,28H2,2H3/t32-,33+,34+,40-,41-/m0/s1. The third-order valence-corrected chi connectivity index (χ3v) is 12.7.